The first-order chi connectivity index (χ1) is 13.3. The summed E-state index contributed by atoms with van der Waals surface area (Å²) in [5.41, 5.74) is 5.73. The maximum absolute atomic E-state index is 6.28. The van der Waals surface area contributed by atoms with Crippen LogP contribution in [0.1, 0.15) is 22.4 Å². The summed E-state index contributed by atoms with van der Waals surface area (Å²) in [5, 5.41) is 0.619. The molecule has 2 aromatic heterocycles. The van der Waals surface area contributed by atoms with Gasteiger partial charge in [-0.05, 0) is 29.8 Å². The fraction of sp³-hybridized carbons (Fsp3) is 0.0435. The Morgan fingerprint density at radius 1 is 0.778 bits per heavy atom. The van der Waals surface area contributed by atoms with Gasteiger partial charge in [-0.25, -0.2) is 0 Å². The lowest BCUT2D eigenvalue weighted by atomic mass is 9.68. The van der Waals surface area contributed by atoms with E-state index in [0.717, 1.165) is 39.6 Å². The van der Waals surface area contributed by atoms with Crippen molar-refractivity contribution in [2.24, 2.45) is 0 Å². The molecular weight excluding hydrogens is 356 g/mol. The summed E-state index contributed by atoms with van der Waals surface area (Å²) in [6.45, 7) is 0. The van der Waals surface area contributed by atoms with Crippen LogP contribution in [0, 0.1) is 0 Å². The molecule has 2 aliphatic rings. The zero-order valence-corrected chi connectivity index (χ0v) is 14.9. The molecule has 4 aromatic rings. The van der Waals surface area contributed by atoms with Gasteiger partial charge in [-0.3, -0.25) is 9.97 Å². The Labute approximate surface area is 161 Å². The monoisotopic (exact) mass is 368 g/mol. The standard InChI is InChI=1S/C23H13ClN2O/c24-14-9-10-20(26-13-14)23-16-6-2-1-5-15(16)22-21(23)19(11-12-25-22)27-18-8-4-3-7-17(18)23/h1-13H. The third-order valence-corrected chi connectivity index (χ3v) is 5.72. The molecule has 2 aromatic carbocycles. The molecule has 1 unspecified atom stereocenters. The average Bonchev–Trinajstić information content (AvgIpc) is 3.02. The summed E-state index contributed by atoms with van der Waals surface area (Å²) in [5.74, 6) is 1.67. The Morgan fingerprint density at radius 2 is 1.59 bits per heavy atom. The number of aromatic nitrogens is 2. The molecule has 0 radical (unpaired) electrons. The molecule has 1 aliphatic heterocycles. The van der Waals surface area contributed by atoms with Crippen molar-refractivity contribution >= 4 is 11.6 Å². The quantitative estimate of drug-likeness (QED) is 0.379. The van der Waals surface area contributed by atoms with Gasteiger partial charge in [-0.2, -0.15) is 0 Å². The number of para-hydroxylation sites is 1. The molecule has 6 rings (SSSR count). The number of pyridine rings is 2. The molecule has 0 N–H and O–H groups in total. The Morgan fingerprint density at radius 3 is 2.44 bits per heavy atom. The van der Waals surface area contributed by atoms with Crippen molar-refractivity contribution in [1.29, 1.82) is 0 Å². The van der Waals surface area contributed by atoms with Crippen LogP contribution in [0.15, 0.2) is 79.1 Å². The number of nitrogens with zero attached hydrogens (tertiary/aromatic N) is 2. The van der Waals surface area contributed by atoms with Crippen LogP contribution in [0.4, 0.5) is 0 Å². The summed E-state index contributed by atoms with van der Waals surface area (Å²) >= 11 is 6.15. The molecule has 0 spiro atoms. The SMILES string of the molecule is Clc1ccc(C23c4ccccc4Oc4ccnc(c42)-c2ccccc23)nc1. The van der Waals surface area contributed by atoms with Gasteiger partial charge < -0.3 is 4.74 Å². The van der Waals surface area contributed by atoms with Gasteiger partial charge in [-0.1, -0.05) is 54.1 Å². The van der Waals surface area contributed by atoms with Crippen molar-refractivity contribution in [3.05, 3.63) is 107 Å². The Balaban J connectivity index is 1.85. The van der Waals surface area contributed by atoms with Gasteiger partial charge in [0.2, 0.25) is 0 Å². The Bertz CT molecular complexity index is 1220. The van der Waals surface area contributed by atoms with Crippen LogP contribution in [0.5, 0.6) is 11.5 Å². The van der Waals surface area contributed by atoms with Crippen molar-refractivity contribution in [3.8, 4) is 22.8 Å². The smallest absolute Gasteiger partial charge is 0.136 e. The van der Waals surface area contributed by atoms with Crippen molar-refractivity contribution in [2.45, 2.75) is 5.41 Å². The number of ether oxygens (including phenoxy) is 1. The Hall–Kier alpha value is -3.17. The maximum atomic E-state index is 6.28. The minimum Gasteiger partial charge on any atom is -0.457 e. The second kappa shape index (κ2) is 5.18. The summed E-state index contributed by atoms with van der Waals surface area (Å²) in [4.78, 5) is 9.48. The highest BCUT2D eigenvalue weighted by Crippen LogP contribution is 2.62. The minimum absolute atomic E-state index is 0.561. The number of rotatable bonds is 1. The predicted octanol–water partition coefficient (Wildman–Crippen LogP) is 5.60. The first kappa shape index (κ1) is 14.9. The topological polar surface area (TPSA) is 35.0 Å². The second-order valence-corrected chi connectivity index (χ2v) is 7.22. The number of halogens is 1. The van der Waals surface area contributed by atoms with E-state index in [4.69, 9.17) is 26.3 Å². The Kier molecular flexibility index (Phi) is 2.87. The molecule has 128 valence electrons. The van der Waals surface area contributed by atoms with Crippen molar-refractivity contribution in [2.75, 3.05) is 0 Å². The van der Waals surface area contributed by atoms with E-state index in [0.29, 0.717) is 5.02 Å². The van der Waals surface area contributed by atoms with Crippen LogP contribution in [-0.2, 0) is 5.41 Å². The first-order valence-corrected chi connectivity index (χ1v) is 9.16. The van der Waals surface area contributed by atoms with E-state index in [1.54, 1.807) is 6.20 Å². The van der Waals surface area contributed by atoms with Gasteiger partial charge >= 0.3 is 0 Å². The molecule has 1 aliphatic carbocycles. The summed E-state index contributed by atoms with van der Waals surface area (Å²) in [7, 11) is 0. The van der Waals surface area contributed by atoms with Crippen LogP contribution in [0.2, 0.25) is 5.02 Å². The van der Waals surface area contributed by atoms with E-state index in [-0.39, 0.29) is 0 Å². The highest BCUT2D eigenvalue weighted by molar-refractivity contribution is 6.30. The first-order valence-electron chi connectivity index (χ1n) is 8.79. The maximum Gasteiger partial charge on any atom is 0.136 e. The van der Waals surface area contributed by atoms with Crippen LogP contribution in [-0.4, -0.2) is 9.97 Å². The molecule has 3 heterocycles. The molecule has 1 atom stereocenters. The summed E-state index contributed by atoms with van der Waals surface area (Å²) in [6.07, 6.45) is 3.52. The van der Waals surface area contributed by atoms with Crippen LogP contribution in [0.25, 0.3) is 11.3 Å². The molecule has 0 bridgehead atoms. The fourth-order valence-corrected chi connectivity index (χ4v) is 4.62. The number of hydrogen-bond acceptors (Lipinski definition) is 3. The molecule has 0 fully saturated rings. The summed E-state index contributed by atoms with van der Waals surface area (Å²) < 4.78 is 6.28. The molecule has 0 saturated heterocycles. The van der Waals surface area contributed by atoms with E-state index in [1.807, 2.05) is 48.7 Å². The van der Waals surface area contributed by atoms with Crippen molar-refractivity contribution in [3.63, 3.8) is 0 Å². The van der Waals surface area contributed by atoms with Gasteiger partial charge in [0.25, 0.3) is 0 Å². The number of benzene rings is 2. The number of hydrogen-bond donors (Lipinski definition) is 0. The second-order valence-electron chi connectivity index (χ2n) is 6.79. The molecule has 0 saturated carbocycles. The minimum atomic E-state index is -0.561. The highest BCUT2D eigenvalue weighted by Gasteiger charge is 2.53. The number of fused-ring (bicyclic) bond motifs is 5. The molecular formula is C23H13ClN2O. The zero-order chi connectivity index (χ0) is 18.0. The summed E-state index contributed by atoms with van der Waals surface area (Å²) in [6, 6.07) is 22.4. The molecule has 27 heavy (non-hydrogen) atoms. The molecule has 4 heteroatoms. The average molecular weight is 369 g/mol. The lowest BCUT2D eigenvalue weighted by Gasteiger charge is -2.37. The van der Waals surface area contributed by atoms with Gasteiger partial charge in [0.1, 0.15) is 11.5 Å². The third kappa shape index (κ3) is 1.77. The van der Waals surface area contributed by atoms with E-state index >= 15 is 0 Å². The van der Waals surface area contributed by atoms with Crippen LogP contribution >= 0.6 is 11.6 Å². The van der Waals surface area contributed by atoms with Crippen LogP contribution < -0.4 is 4.74 Å². The normalized spacial score (nSPS) is 18.3. The van der Waals surface area contributed by atoms with Crippen molar-refractivity contribution < 1.29 is 4.74 Å². The largest absolute Gasteiger partial charge is 0.457 e. The molecule has 0 amide bonds. The third-order valence-electron chi connectivity index (χ3n) is 5.50. The van der Waals surface area contributed by atoms with Crippen LogP contribution in [0.3, 0.4) is 0 Å². The molecule has 3 nitrogen and oxygen atoms in total. The van der Waals surface area contributed by atoms with Gasteiger partial charge in [-0.15, -0.1) is 0 Å². The van der Waals surface area contributed by atoms with Gasteiger partial charge in [0, 0.05) is 29.1 Å². The van der Waals surface area contributed by atoms with E-state index in [1.165, 1.54) is 5.56 Å². The lowest BCUT2D eigenvalue weighted by molar-refractivity contribution is 0.435. The van der Waals surface area contributed by atoms with E-state index < -0.39 is 5.41 Å². The van der Waals surface area contributed by atoms with Crippen molar-refractivity contribution in [1.82, 2.24) is 9.97 Å². The lowest BCUT2D eigenvalue weighted by Crippen LogP contribution is -2.32. The zero-order valence-electron chi connectivity index (χ0n) is 14.2. The highest BCUT2D eigenvalue weighted by atomic mass is 35.5. The van der Waals surface area contributed by atoms with Gasteiger partial charge in [0.15, 0.2) is 0 Å². The fourth-order valence-electron chi connectivity index (χ4n) is 4.51. The predicted molar refractivity (Wildman–Crippen MR) is 104 cm³/mol. The van der Waals surface area contributed by atoms with E-state index in [9.17, 15) is 0 Å². The van der Waals surface area contributed by atoms with E-state index in [2.05, 4.69) is 24.3 Å². The van der Waals surface area contributed by atoms with Gasteiger partial charge in [0.05, 0.1) is 21.8 Å².